The Balaban J connectivity index is 2.48. The van der Waals surface area contributed by atoms with Crippen LogP contribution in [-0.4, -0.2) is 16.9 Å². The zero-order chi connectivity index (χ0) is 13.3. The first kappa shape index (κ1) is 12.6. The standard InChI is InChI=1S/C13H16FN3O/c1-8-11(7-17(2)16-8)13(15)10-6-9(14)4-5-12(10)18-3/h4-7,13H,15H2,1-3H3. The second-order valence-electron chi connectivity index (χ2n) is 4.21. The number of ether oxygens (including phenoxy) is 1. The molecule has 5 heteroatoms. The van der Waals surface area contributed by atoms with Crippen LogP contribution in [0.4, 0.5) is 4.39 Å². The molecule has 96 valence electrons. The largest absolute Gasteiger partial charge is 0.496 e. The quantitative estimate of drug-likeness (QED) is 0.904. The van der Waals surface area contributed by atoms with Crippen LogP contribution in [0.1, 0.15) is 22.9 Å². The van der Waals surface area contributed by atoms with Crippen LogP contribution in [0.3, 0.4) is 0 Å². The van der Waals surface area contributed by atoms with Gasteiger partial charge in [-0.3, -0.25) is 4.68 Å². The molecule has 0 aliphatic rings. The Hall–Kier alpha value is -1.88. The average molecular weight is 249 g/mol. The van der Waals surface area contributed by atoms with E-state index in [9.17, 15) is 4.39 Å². The number of hydrogen-bond donors (Lipinski definition) is 1. The van der Waals surface area contributed by atoms with E-state index in [1.54, 1.807) is 17.9 Å². The average Bonchev–Trinajstić information content (AvgIpc) is 2.67. The Bertz CT molecular complexity index is 565. The molecule has 4 nitrogen and oxygen atoms in total. The third-order valence-electron chi connectivity index (χ3n) is 2.91. The van der Waals surface area contributed by atoms with E-state index in [1.807, 2.05) is 20.2 Å². The predicted octanol–water partition coefficient (Wildman–Crippen LogP) is 1.92. The van der Waals surface area contributed by atoms with Crippen LogP contribution in [0.25, 0.3) is 0 Å². The van der Waals surface area contributed by atoms with Crippen molar-refractivity contribution in [3.8, 4) is 5.75 Å². The molecule has 0 amide bonds. The highest BCUT2D eigenvalue weighted by molar-refractivity contribution is 5.42. The molecule has 0 saturated carbocycles. The van der Waals surface area contributed by atoms with E-state index in [1.165, 1.54) is 12.1 Å². The fraction of sp³-hybridized carbons (Fsp3) is 0.308. The molecule has 0 spiro atoms. The summed E-state index contributed by atoms with van der Waals surface area (Å²) in [5.74, 6) is 0.245. The third-order valence-corrected chi connectivity index (χ3v) is 2.91. The predicted molar refractivity (Wildman–Crippen MR) is 66.9 cm³/mol. The molecular formula is C13H16FN3O. The minimum absolute atomic E-state index is 0.331. The second-order valence-corrected chi connectivity index (χ2v) is 4.21. The van der Waals surface area contributed by atoms with E-state index in [0.29, 0.717) is 11.3 Å². The van der Waals surface area contributed by atoms with Crippen LogP contribution in [0.15, 0.2) is 24.4 Å². The summed E-state index contributed by atoms with van der Waals surface area (Å²) in [5.41, 5.74) is 8.49. The van der Waals surface area contributed by atoms with Crippen LogP contribution < -0.4 is 10.5 Å². The van der Waals surface area contributed by atoms with Gasteiger partial charge in [0.2, 0.25) is 0 Å². The zero-order valence-corrected chi connectivity index (χ0v) is 10.6. The van der Waals surface area contributed by atoms with Gasteiger partial charge >= 0.3 is 0 Å². The maximum absolute atomic E-state index is 13.3. The van der Waals surface area contributed by atoms with Gasteiger partial charge in [-0.2, -0.15) is 5.10 Å². The molecule has 0 aliphatic heterocycles. The number of nitrogens with two attached hydrogens (primary N) is 1. The molecule has 0 saturated heterocycles. The second kappa shape index (κ2) is 4.78. The van der Waals surface area contributed by atoms with Gasteiger partial charge in [-0.25, -0.2) is 4.39 Å². The smallest absolute Gasteiger partial charge is 0.124 e. The van der Waals surface area contributed by atoms with E-state index in [0.717, 1.165) is 11.3 Å². The van der Waals surface area contributed by atoms with Crippen molar-refractivity contribution < 1.29 is 9.13 Å². The topological polar surface area (TPSA) is 53.1 Å². The molecule has 1 atom stereocenters. The van der Waals surface area contributed by atoms with Crippen molar-refractivity contribution in [2.24, 2.45) is 12.8 Å². The van der Waals surface area contributed by atoms with Gasteiger partial charge < -0.3 is 10.5 Å². The molecule has 2 N–H and O–H groups in total. The number of aromatic nitrogens is 2. The van der Waals surface area contributed by atoms with Crippen LogP contribution in [0.5, 0.6) is 5.75 Å². The normalized spacial score (nSPS) is 12.5. The molecule has 0 radical (unpaired) electrons. The number of methoxy groups -OCH3 is 1. The van der Waals surface area contributed by atoms with E-state index in [-0.39, 0.29) is 5.82 Å². The van der Waals surface area contributed by atoms with Gasteiger partial charge in [0.1, 0.15) is 11.6 Å². The maximum Gasteiger partial charge on any atom is 0.124 e. The molecular weight excluding hydrogens is 233 g/mol. The summed E-state index contributed by atoms with van der Waals surface area (Å²) in [6, 6.07) is 3.88. The molecule has 2 aromatic rings. The minimum Gasteiger partial charge on any atom is -0.496 e. The number of hydrogen-bond acceptors (Lipinski definition) is 3. The van der Waals surface area contributed by atoms with Gasteiger partial charge in [-0.05, 0) is 25.1 Å². The van der Waals surface area contributed by atoms with Gasteiger partial charge in [0, 0.05) is 24.4 Å². The van der Waals surface area contributed by atoms with Gasteiger partial charge in [-0.15, -0.1) is 0 Å². The SMILES string of the molecule is COc1ccc(F)cc1C(N)c1cn(C)nc1C. The first-order chi connectivity index (χ1) is 8.52. The number of aryl methyl sites for hydroxylation is 2. The summed E-state index contributed by atoms with van der Waals surface area (Å²) in [6.07, 6.45) is 1.84. The summed E-state index contributed by atoms with van der Waals surface area (Å²) in [6.45, 7) is 1.88. The Morgan fingerprint density at radius 2 is 2.11 bits per heavy atom. The van der Waals surface area contributed by atoms with Crippen LogP contribution >= 0.6 is 0 Å². The first-order valence-electron chi connectivity index (χ1n) is 5.62. The van der Waals surface area contributed by atoms with Crippen molar-refractivity contribution in [2.75, 3.05) is 7.11 Å². The Morgan fingerprint density at radius 3 is 2.67 bits per heavy atom. The van der Waals surface area contributed by atoms with Crippen LogP contribution in [0.2, 0.25) is 0 Å². The molecule has 2 rings (SSSR count). The summed E-state index contributed by atoms with van der Waals surface area (Å²) in [5, 5.41) is 4.24. The summed E-state index contributed by atoms with van der Waals surface area (Å²) in [4.78, 5) is 0. The fourth-order valence-electron chi connectivity index (χ4n) is 2.04. The van der Waals surface area contributed by atoms with Gasteiger partial charge in [0.15, 0.2) is 0 Å². The highest BCUT2D eigenvalue weighted by Crippen LogP contribution is 2.30. The summed E-state index contributed by atoms with van der Waals surface area (Å²) >= 11 is 0. The molecule has 1 heterocycles. The fourth-order valence-corrected chi connectivity index (χ4v) is 2.04. The van der Waals surface area contributed by atoms with Crippen molar-refractivity contribution >= 4 is 0 Å². The zero-order valence-electron chi connectivity index (χ0n) is 10.6. The van der Waals surface area contributed by atoms with Crippen molar-refractivity contribution in [3.63, 3.8) is 0 Å². The van der Waals surface area contributed by atoms with Gasteiger partial charge in [-0.1, -0.05) is 0 Å². The highest BCUT2D eigenvalue weighted by atomic mass is 19.1. The highest BCUT2D eigenvalue weighted by Gasteiger charge is 2.18. The van der Waals surface area contributed by atoms with E-state index < -0.39 is 6.04 Å². The third kappa shape index (κ3) is 2.22. The van der Waals surface area contributed by atoms with Crippen molar-refractivity contribution in [1.29, 1.82) is 0 Å². The van der Waals surface area contributed by atoms with Gasteiger partial charge in [0.05, 0.1) is 18.8 Å². The van der Waals surface area contributed by atoms with Crippen molar-refractivity contribution in [3.05, 3.63) is 47.0 Å². The summed E-state index contributed by atoms with van der Waals surface area (Å²) < 4.78 is 20.2. The lowest BCUT2D eigenvalue weighted by molar-refractivity contribution is 0.406. The molecule has 18 heavy (non-hydrogen) atoms. The molecule has 1 aromatic heterocycles. The van der Waals surface area contributed by atoms with E-state index in [4.69, 9.17) is 10.5 Å². The Labute approximate surface area is 105 Å². The molecule has 1 aromatic carbocycles. The van der Waals surface area contributed by atoms with Crippen LogP contribution in [0, 0.1) is 12.7 Å². The number of halogens is 1. The monoisotopic (exact) mass is 249 g/mol. The Kier molecular flexibility index (Phi) is 3.34. The molecule has 0 bridgehead atoms. The van der Waals surface area contributed by atoms with Crippen molar-refractivity contribution in [1.82, 2.24) is 9.78 Å². The first-order valence-corrected chi connectivity index (χ1v) is 5.62. The number of benzene rings is 1. The minimum atomic E-state index is -0.454. The lowest BCUT2D eigenvalue weighted by atomic mass is 9.99. The number of rotatable bonds is 3. The summed E-state index contributed by atoms with van der Waals surface area (Å²) in [7, 11) is 3.37. The number of nitrogens with zero attached hydrogens (tertiary/aromatic N) is 2. The lowest BCUT2D eigenvalue weighted by Gasteiger charge is -2.15. The molecule has 0 fully saturated rings. The van der Waals surface area contributed by atoms with Gasteiger partial charge in [0.25, 0.3) is 0 Å². The van der Waals surface area contributed by atoms with Crippen molar-refractivity contribution in [2.45, 2.75) is 13.0 Å². The lowest BCUT2D eigenvalue weighted by Crippen LogP contribution is -2.14. The maximum atomic E-state index is 13.3. The molecule has 0 aliphatic carbocycles. The van der Waals surface area contributed by atoms with E-state index >= 15 is 0 Å². The molecule has 1 unspecified atom stereocenters. The van der Waals surface area contributed by atoms with Crippen LogP contribution in [-0.2, 0) is 7.05 Å². The van der Waals surface area contributed by atoms with E-state index in [2.05, 4.69) is 5.10 Å². The Morgan fingerprint density at radius 1 is 1.39 bits per heavy atom.